The number of carbonyl (C=O) groups excluding carboxylic acids is 7. The van der Waals surface area contributed by atoms with Crippen LogP contribution in [0.4, 0.5) is 0 Å². The summed E-state index contributed by atoms with van der Waals surface area (Å²) in [5.41, 5.74) is 0. The van der Waals surface area contributed by atoms with Gasteiger partial charge in [0.1, 0.15) is 42.3 Å². The van der Waals surface area contributed by atoms with E-state index in [9.17, 15) is 38.7 Å². The maximum Gasteiger partial charge on any atom is 0.245 e. The third-order valence-electron chi connectivity index (χ3n) is 10.4. The second-order valence-electron chi connectivity index (χ2n) is 15.8. The standard InChI is InChI=1S/C37H67N7O8/c1-16-22(8)28-37(52)43(14)25(11)35(50)44(15)27(18-20(4)5)32(47)38-26(17-19(2)3)36(51)42(13)24(10)34(49)41(12)23(9)31(46)40-29(33(48)39-28)30(45)21(6)7/h19-30,45H,16-18H2,1-15H3,(H,38,47)(H,39,48)(H,40,46)/t22-,23-,24-,25-,26-,27-,28-,29-,30?/m0/s1. The van der Waals surface area contributed by atoms with Gasteiger partial charge in [0.15, 0.2) is 0 Å². The Hall–Kier alpha value is -3.75. The Balaban J connectivity index is 3.92. The van der Waals surface area contributed by atoms with Crippen LogP contribution in [0, 0.1) is 23.7 Å². The molecule has 0 saturated carbocycles. The van der Waals surface area contributed by atoms with E-state index in [-0.39, 0.29) is 24.7 Å². The van der Waals surface area contributed by atoms with Crippen molar-refractivity contribution in [2.75, 3.05) is 28.2 Å². The van der Waals surface area contributed by atoms with Crippen LogP contribution < -0.4 is 16.0 Å². The van der Waals surface area contributed by atoms with Gasteiger partial charge in [-0.05, 0) is 57.3 Å². The average Bonchev–Trinajstić information content (AvgIpc) is 3.09. The summed E-state index contributed by atoms with van der Waals surface area (Å²) in [7, 11) is 5.77. The van der Waals surface area contributed by atoms with Gasteiger partial charge >= 0.3 is 0 Å². The second kappa shape index (κ2) is 19.9. The van der Waals surface area contributed by atoms with Crippen molar-refractivity contribution in [1.29, 1.82) is 0 Å². The Morgan fingerprint density at radius 2 is 1.00 bits per heavy atom. The molecule has 0 aromatic heterocycles. The van der Waals surface area contributed by atoms with Crippen LogP contribution in [0.3, 0.4) is 0 Å². The molecule has 1 aliphatic rings. The molecule has 1 rings (SSSR count). The van der Waals surface area contributed by atoms with Gasteiger partial charge in [-0.25, -0.2) is 0 Å². The van der Waals surface area contributed by atoms with Crippen molar-refractivity contribution in [3.63, 3.8) is 0 Å². The molecule has 1 saturated heterocycles. The predicted molar refractivity (Wildman–Crippen MR) is 198 cm³/mol. The van der Waals surface area contributed by atoms with E-state index in [0.717, 1.165) is 4.90 Å². The van der Waals surface area contributed by atoms with Gasteiger partial charge in [0, 0.05) is 28.2 Å². The second-order valence-corrected chi connectivity index (χ2v) is 15.8. The van der Waals surface area contributed by atoms with Crippen molar-refractivity contribution < 1.29 is 38.7 Å². The fraction of sp³-hybridized carbons (Fsp3) is 0.811. The third kappa shape index (κ3) is 11.6. The summed E-state index contributed by atoms with van der Waals surface area (Å²) < 4.78 is 0. The van der Waals surface area contributed by atoms with Crippen LogP contribution in [0.2, 0.25) is 0 Å². The molecule has 15 nitrogen and oxygen atoms in total. The van der Waals surface area contributed by atoms with E-state index in [1.165, 1.54) is 63.7 Å². The van der Waals surface area contributed by atoms with Gasteiger partial charge in [0.05, 0.1) is 6.10 Å². The van der Waals surface area contributed by atoms with Crippen molar-refractivity contribution in [2.24, 2.45) is 23.7 Å². The van der Waals surface area contributed by atoms with E-state index in [1.807, 2.05) is 34.6 Å². The molecule has 9 atom stereocenters. The van der Waals surface area contributed by atoms with Gasteiger partial charge in [0.25, 0.3) is 0 Å². The quantitative estimate of drug-likeness (QED) is 0.284. The highest BCUT2D eigenvalue weighted by molar-refractivity contribution is 5.98. The van der Waals surface area contributed by atoms with E-state index in [4.69, 9.17) is 0 Å². The van der Waals surface area contributed by atoms with Crippen LogP contribution in [-0.4, -0.2) is 143 Å². The molecule has 1 fully saturated rings. The number of aliphatic hydroxyl groups is 1. The van der Waals surface area contributed by atoms with E-state index < -0.39 is 102 Å². The third-order valence-corrected chi connectivity index (χ3v) is 10.4. The number of hydrogen-bond acceptors (Lipinski definition) is 8. The lowest BCUT2D eigenvalue weighted by molar-refractivity contribution is -0.150. The Morgan fingerprint density at radius 1 is 0.558 bits per heavy atom. The van der Waals surface area contributed by atoms with Crippen LogP contribution in [0.15, 0.2) is 0 Å². The zero-order valence-corrected chi connectivity index (χ0v) is 34.1. The summed E-state index contributed by atoms with van der Waals surface area (Å²) in [6.07, 6.45) is -0.371. The number of nitrogens with zero attached hydrogens (tertiary/aromatic N) is 4. The van der Waals surface area contributed by atoms with Gasteiger partial charge < -0.3 is 40.7 Å². The summed E-state index contributed by atoms with van der Waals surface area (Å²) in [5.74, 6) is -5.26. The molecule has 0 bridgehead atoms. The van der Waals surface area contributed by atoms with Crippen molar-refractivity contribution in [3.05, 3.63) is 0 Å². The van der Waals surface area contributed by atoms with Gasteiger partial charge in [-0.1, -0.05) is 61.8 Å². The first-order valence-electron chi connectivity index (χ1n) is 18.6. The summed E-state index contributed by atoms with van der Waals surface area (Å²) in [6, 6.07) is -7.89. The molecule has 1 aliphatic heterocycles. The average molecular weight is 738 g/mol. The van der Waals surface area contributed by atoms with Crippen molar-refractivity contribution in [2.45, 2.75) is 144 Å². The Kier molecular flexibility index (Phi) is 17.7. The summed E-state index contributed by atoms with van der Waals surface area (Å²) >= 11 is 0. The molecule has 7 amide bonds. The summed E-state index contributed by atoms with van der Waals surface area (Å²) in [6.45, 7) is 19.1. The number of rotatable bonds is 8. The van der Waals surface area contributed by atoms with Crippen molar-refractivity contribution in [1.82, 2.24) is 35.6 Å². The first-order valence-corrected chi connectivity index (χ1v) is 18.6. The predicted octanol–water partition coefficient (Wildman–Crippen LogP) is 0.977. The van der Waals surface area contributed by atoms with Gasteiger partial charge in [-0.15, -0.1) is 0 Å². The monoisotopic (exact) mass is 738 g/mol. The Morgan fingerprint density at radius 3 is 1.46 bits per heavy atom. The molecule has 1 unspecified atom stereocenters. The topological polar surface area (TPSA) is 189 Å². The summed E-state index contributed by atoms with van der Waals surface area (Å²) in [4.78, 5) is 102. The minimum atomic E-state index is -1.49. The zero-order chi connectivity index (χ0) is 40.5. The molecular formula is C37H67N7O8. The number of likely N-dealkylation sites (N-methyl/N-ethyl adjacent to an activating group) is 4. The molecular weight excluding hydrogens is 670 g/mol. The lowest BCUT2D eigenvalue weighted by Gasteiger charge is -2.37. The van der Waals surface area contributed by atoms with Gasteiger partial charge in [0.2, 0.25) is 41.4 Å². The van der Waals surface area contributed by atoms with Gasteiger partial charge in [-0.3, -0.25) is 33.6 Å². The maximum absolute atomic E-state index is 14.1. The van der Waals surface area contributed by atoms with E-state index in [2.05, 4.69) is 16.0 Å². The minimum Gasteiger partial charge on any atom is -0.390 e. The Bertz CT molecular complexity index is 1290. The molecule has 298 valence electrons. The lowest BCUT2D eigenvalue weighted by Crippen LogP contribution is -2.63. The zero-order valence-electron chi connectivity index (χ0n) is 34.1. The van der Waals surface area contributed by atoms with Crippen LogP contribution in [0.25, 0.3) is 0 Å². The van der Waals surface area contributed by atoms with Crippen LogP contribution in [0.5, 0.6) is 0 Å². The van der Waals surface area contributed by atoms with Crippen LogP contribution in [0.1, 0.15) is 95.4 Å². The molecule has 1 heterocycles. The van der Waals surface area contributed by atoms with Crippen molar-refractivity contribution in [3.8, 4) is 0 Å². The first-order chi connectivity index (χ1) is 23.9. The molecule has 0 aliphatic carbocycles. The first kappa shape index (κ1) is 46.3. The van der Waals surface area contributed by atoms with Crippen molar-refractivity contribution >= 4 is 41.4 Å². The smallest absolute Gasteiger partial charge is 0.245 e. The number of hydrogen-bond donors (Lipinski definition) is 4. The number of aliphatic hydroxyl groups excluding tert-OH is 1. The number of amides is 7. The fourth-order valence-corrected chi connectivity index (χ4v) is 6.03. The largest absolute Gasteiger partial charge is 0.390 e. The fourth-order valence-electron chi connectivity index (χ4n) is 6.03. The number of carbonyl (C=O) groups is 7. The normalized spacial score (nSPS) is 28.6. The van der Waals surface area contributed by atoms with E-state index in [0.29, 0.717) is 6.42 Å². The Labute approximate surface area is 310 Å². The van der Waals surface area contributed by atoms with Gasteiger partial charge in [-0.2, -0.15) is 0 Å². The highest BCUT2D eigenvalue weighted by Gasteiger charge is 2.41. The molecule has 0 aromatic carbocycles. The molecule has 15 heteroatoms. The lowest BCUT2D eigenvalue weighted by atomic mass is 9.94. The van der Waals surface area contributed by atoms with E-state index in [1.54, 1.807) is 20.8 Å². The van der Waals surface area contributed by atoms with Crippen LogP contribution in [-0.2, 0) is 33.6 Å². The molecule has 0 aromatic rings. The maximum atomic E-state index is 14.1. The highest BCUT2D eigenvalue weighted by Crippen LogP contribution is 2.19. The molecule has 0 spiro atoms. The minimum absolute atomic E-state index is 0.0253. The summed E-state index contributed by atoms with van der Waals surface area (Å²) in [5, 5.41) is 19.3. The van der Waals surface area contributed by atoms with Crippen LogP contribution >= 0.6 is 0 Å². The SMILES string of the molecule is CC[C@H](C)[C@@H]1NC(=O)[C@H](C(O)C(C)C)NC(=O)[C@H](C)N(C)C(=O)[C@H](C)N(C)C(=O)[C@H](CC(C)C)NC(=O)[C@H](CC(C)C)N(C)C(=O)[C@H](C)N(C)C1=O. The van der Waals surface area contributed by atoms with E-state index >= 15 is 0 Å². The number of nitrogens with one attached hydrogen (secondary N) is 3. The highest BCUT2D eigenvalue weighted by atomic mass is 16.3. The molecule has 0 radical (unpaired) electrons. The molecule has 52 heavy (non-hydrogen) atoms. The molecule has 4 N–H and O–H groups in total.